The number of fused-ring (bicyclic) bond motifs is 1. The second-order valence-corrected chi connectivity index (χ2v) is 8.25. The molecule has 0 atom stereocenters. The summed E-state index contributed by atoms with van der Waals surface area (Å²) in [4.78, 5) is 4.13. The van der Waals surface area contributed by atoms with E-state index < -0.39 is 22.7 Å². The third kappa shape index (κ3) is 3.99. The number of rotatable bonds is 5. The maximum Gasteiger partial charge on any atom is 0.406 e. The summed E-state index contributed by atoms with van der Waals surface area (Å²) in [6, 6.07) is 7.54. The molecule has 1 aromatic carbocycles. The van der Waals surface area contributed by atoms with Crippen LogP contribution in [0.5, 0.6) is 0 Å². The zero-order chi connectivity index (χ0) is 18.9. The first-order chi connectivity index (χ1) is 12.2. The SMILES string of the molecule is CN(Cc1nccn1CC(F)(F)F)S(=O)(=O)C1=Cc2ccccc2CC1. The van der Waals surface area contributed by atoms with Crippen LogP contribution >= 0.6 is 0 Å². The molecule has 0 amide bonds. The Labute approximate surface area is 149 Å². The predicted molar refractivity (Wildman–Crippen MR) is 91.4 cm³/mol. The van der Waals surface area contributed by atoms with Gasteiger partial charge in [-0.3, -0.25) is 0 Å². The first kappa shape index (κ1) is 18.7. The molecule has 0 saturated carbocycles. The standard InChI is InChI=1S/C17H18F3N3O2S/c1-22(11-16-21-8-9-23(16)12-17(18,19)20)26(24,25)15-7-6-13-4-2-3-5-14(13)10-15/h2-5,8-10H,6-7,11-12H2,1H3. The Morgan fingerprint density at radius 1 is 1.23 bits per heavy atom. The Kier molecular flexibility index (Phi) is 4.94. The summed E-state index contributed by atoms with van der Waals surface area (Å²) < 4.78 is 65.4. The molecule has 0 bridgehead atoms. The maximum absolute atomic E-state index is 12.8. The van der Waals surface area contributed by atoms with E-state index >= 15 is 0 Å². The molecule has 2 aromatic rings. The molecule has 1 aromatic heterocycles. The highest BCUT2D eigenvalue weighted by molar-refractivity contribution is 7.93. The monoisotopic (exact) mass is 385 g/mol. The van der Waals surface area contributed by atoms with Crippen molar-refractivity contribution < 1.29 is 21.6 Å². The average molecular weight is 385 g/mol. The lowest BCUT2D eigenvalue weighted by Crippen LogP contribution is -2.30. The highest BCUT2D eigenvalue weighted by Crippen LogP contribution is 2.29. The number of nitrogens with zero attached hydrogens (tertiary/aromatic N) is 3. The summed E-state index contributed by atoms with van der Waals surface area (Å²) in [5, 5.41) is 0. The average Bonchev–Trinajstić information content (AvgIpc) is 2.99. The minimum Gasteiger partial charge on any atom is -0.325 e. The number of sulfonamides is 1. The lowest BCUT2D eigenvalue weighted by atomic mass is 9.98. The van der Waals surface area contributed by atoms with Crippen molar-refractivity contribution in [1.29, 1.82) is 0 Å². The van der Waals surface area contributed by atoms with Gasteiger partial charge in [0.2, 0.25) is 10.0 Å². The van der Waals surface area contributed by atoms with Crippen molar-refractivity contribution in [3.05, 3.63) is 58.5 Å². The maximum atomic E-state index is 12.8. The number of alkyl halides is 3. The van der Waals surface area contributed by atoms with Gasteiger partial charge in [0.25, 0.3) is 0 Å². The number of hydrogen-bond acceptors (Lipinski definition) is 3. The van der Waals surface area contributed by atoms with E-state index in [0.717, 1.165) is 20.0 Å². The molecule has 1 heterocycles. The second-order valence-electron chi connectivity index (χ2n) is 6.16. The molecule has 26 heavy (non-hydrogen) atoms. The van der Waals surface area contributed by atoms with Crippen LogP contribution in [-0.4, -0.2) is 35.5 Å². The molecular weight excluding hydrogens is 367 g/mol. The zero-order valence-electron chi connectivity index (χ0n) is 14.1. The minimum atomic E-state index is -4.40. The quantitative estimate of drug-likeness (QED) is 0.794. The molecule has 9 heteroatoms. The summed E-state index contributed by atoms with van der Waals surface area (Å²) in [5.74, 6) is 0.0465. The van der Waals surface area contributed by atoms with E-state index in [9.17, 15) is 21.6 Å². The van der Waals surface area contributed by atoms with Crippen molar-refractivity contribution in [1.82, 2.24) is 13.9 Å². The third-order valence-corrected chi connectivity index (χ3v) is 6.20. The predicted octanol–water partition coefficient (Wildman–Crippen LogP) is 3.19. The van der Waals surface area contributed by atoms with E-state index in [4.69, 9.17) is 0 Å². The van der Waals surface area contributed by atoms with Gasteiger partial charge < -0.3 is 4.57 Å². The Morgan fingerprint density at radius 2 is 1.96 bits per heavy atom. The molecule has 5 nitrogen and oxygen atoms in total. The van der Waals surface area contributed by atoms with Crippen LogP contribution in [0.1, 0.15) is 23.4 Å². The number of aryl methyl sites for hydroxylation is 1. The van der Waals surface area contributed by atoms with E-state index in [2.05, 4.69) is 4.98 Å². The number of benzene rings is 1. The summed E-state index contributed by atoms with van der Waals surface area (Å²) in [7, 11) is -2.43. The molecule has 0 aliphatic heterocycles. The van der Waals surface area contributed by atoms with E-state index in [1.807, 2.05) is 24.3 Å². The topological polar surface area (TPSA) is 55.2 Å². The fourth-order valence-electron chi connectivity index (χ4n) is 2.92. The molecule has 3 rings (SSSR count). The Hall–Kier alpha value is -2.13. The second kappa shape index (κ2) is 6.88. The van der Waals surface area contributed by atoms with Crippen LogP contribution in [0.4, 0.5) is 13.2 Å². The lowest BCUT2D eigenvalue weighted by molar-refractivity contribution is -0.141. The van der Waals surface area contributed by atoms with E-state index in [0.29, 0.717) is 12.8 Å². The number of halogens is 3. The molecular formula is C17H18F3N3O2S. The Bertz CT molecular complexity index is 933. The van der Waals surface area contributed by atoms with Gasteiger partial charge in [0.05, 0.1) is 11.4 Å². The fourth-order valence-corrected chi connectivity index (χ4v) is 4.24. The number of allylic oxidation sites excluding steroid dienone is 1. The molecule has 0 N–H and O–H groups in total. The molecule has 140 valence electrons. The van der Waals surface area contributed by atoms with Gasteiger partial charge >= 0.3 is 6.18 Å². The first-order valence-corrected chi connectivity index (χ1v) is 9.42. The first-order valence-electron chi connectivity index (χ1n) is 7.98. The van der Waals surface area contributed by atoms with Crippen molar-refractivity contribution >= 4 is 16.1 Å². The van der Waals surface area contributed by atoms with Crippen molar-refractivity contribution in [2.75, 3.05) is 7.05 Å². The van der Waals surface area contributed by atoms with Gasteiger partial charge in [-0.05, 0) is 30.0 Å². The van der Waals surface area contributed by atoms with Crippen LogP contribution in [0.25, 0.3) is 6.08 Å². The summed E-state index contributed by atoms with van der Waals surface area (Å²) in [5.41, 5.74) is 1.93. The Morgan fingerprint density at radius 3 is 2.69 bits per heavy atom. The van der Waals surface area contributed by atoms with Gasteiger partial charge in [-0.2, -0.15) is 17.5 Å². The van der Waals surface area contributed by atoms with Crippen LogP contribution in [0, 0.1) is 0 Å². The number of aromatic nitrogens is 2. The minimum absolute atomic E-state index is 0.0465. The Balaban J connectivity index is 1.81. The third-order valence-electron chi connectivity index (χ3n) is 4.27. The molecule has 0 radical (unpaired) electrons. The normalized spacial score (nSPS) is 15.0. The van der Waals surface area contributed by atoms with Crippen molar-refractivity contribution in [2.24, 2.45) is 0 Å². The van der Waals surface area contributed by atoms with E-state index in [1.54, 1.807) is 6.08 Å². The molecule has 0 fully saturated rings. The van der Waals surface area contributed by atoms with Crippen molar-refractivity contribution in [3.8, 4) is 0 Å². The van der Waals surface area contributed by atoms with Gasteiger partial charge in [-0.15, -0.1) is 0 Å². The molecule has 0 saturated heterocycles. The van der Waals surface area contributed by atoms with Crippen molar-refractivity contribution in [2.45, 2.75) is 32.1 Å². The van der Waals surface area contributed by atoms with Crippen LogP contribution in [-0.2, 0) is 29.5 Å². The summed E-state index contributed by atoms with van der Waals surface area (Å²) in [6.07, 6.45) is 0.630. The highest BCUT2D eigenvalue weighted by Gasteiger charge is 2.31. The zero-order valence-corrected chi connectivity index (χ0v) is 14.9. The highest BCUT2D eigenvalue weighted by atomic mass is 32.2. The van der Waals surface area contributed by atoms with Crippen LogP contribution in [0.3, 0.4) is 0 Å². The lowest BCUT2D eigenvalue weighted by Gasteiger charge is -2.22. The largest absolute Gasteiger partial charge is 0.406 e. The van der Waals surface area contributed by atoms with Gasteiger partial charge in [0, 0.05) is 19.4 Å². The number of imidazole rings is 1. The summed E-state index contributed by atoms with van der Waals surface area (Å²) >= 11 is 0. The molecule has 0 unspecified atom stereocenters. The van der Waals surface area contributed by atoms with E-state index in [1.165, 1.54) is 19.4 Å². The smallest absolute Gasteiger partial charge is 0.325 e. The molecule has 1 aliphatic carbocycles. The van der Waals surface area contributed by atoms with Crippen LogP contribution < -0.4 is 0 Å². The van der Waals surface area contributed by atoms with Gasteiger partial charge in [0.15, 0.2) is 0 Å². The van der Waals surface area contributed by atoms with Crippen LogP contribution in [0.2, 0.25) is 0 Å². The van der Waals surface area contributed by atoms with E-state index in [-0.39, 0.29) is 17.3 Å². The number of hydrogen-bond donors (Lipinski definition) is 0. The molecule has 0 spiro atoms. The van der Waals surface area contributed by atoms with Crippen LogP contribution in [0.15, 0.2) is 41.6 Å². The summed E-state index contributed by atoms with van der Waals surface area (Å²) in [6.45, 7) is -1.43. The fraction of sp³-hybridized carbons (Fsp3) is 0.353. The van der Waals surface area contributed by atoms with Gasteiger partial charge in [0.1, 0.15) is 12.4 Å². The van der Waals surface area contributed by atoms with Crippen molar-refractivity contribution in [3.63, 3.8) is 0 Å². The van der Waals surface area contributed by atoms with Gasteiger partial charge in [-0.25, -0.2) is 13.4 Å². The molecule has 1 aliphatic rings. The van der Waals surface area contributed by atoms with Gasteiger partial charge in [-0.1, -0.05) is 24.3 Å².